The minimum absolute atomic E-state index is 0.129. The molecule has 6 heteroatoms. The number of halogens is 2. The number of urea groups is 1. The molecule has 3 N–H and O–H groups in total. The number of aliphatic hydroxyl groups is 1. The maximum Gasteiger partial charge on any atom is 0.314 e. The van der Waals surface area contributed by atoms with E-state index in [1.807, 2.05) is 6.92 Å². The van der Waals surface area contributed by atoms with Crippen molar-refractivity contribution in [2.75, 3.05) is 19.7 Å². The average molecular weight is 347 g/mol. The van der Waals surface area contributed by atoms with Gasteiger partial charge in [-0.1, -0.05) is 13.0 Å². The number of benzene rings is 1. The molecule has 0 aliphatic heterocycles. The second-order valence-corrected chi connectivity index (χ2v) is 5.61. The Kier molecular flexibility index (Phi) is 7.54. The van der Waals surface area contributed by atoms with Crippen molar-refractivity contribution in [3.63, 3.8) is 0 Å². The average Bonchev–Trinajstić information content (AvgIpc) is 2.41. The van der Waals surface area contributed by atoms with E-state index in [-0.39, 0.29) is 24.4 Å². The number of carbonyl (C=O) groups excluding carboxylic acids is 1. The van der Waals surface area contributed by atoms with E-state index in [4.69, 9.17) is 5.11 Å². The summed E-state index contributed by atoms with van der Waals surface area (Å²) in [4.78, 5) is 11.5. The normalized spacial score (nSPS) is 12.0. The lowest BCUT2D eigenvalue weighted by Crippen LogP contribution is -2.38. The summed E-state index contributed by atoms with van der Waals surface area (Å²) in [5.41, 5.74) is 0.951. The zero-order valence-corrected chi connectivity index (χ0v) is 13.0. The number of rotatable bonds is 7. The van der Waals surface area contributed by atoms with Crippen molar-refractivity contribution >= 4 is 22.0 Å². The summed E-state index contributed by atoms with van der Waals surface area (Å²) in [6.07, 6.45) is 1.31. The molecule has 112 valence electrons. The topological polar surface area (TPSA) is 61.4 Å². The van der Waals surface area contributed by atoms with Gasteiger partial charge < -0.3 is 15.7 Å². The van der Waals surface area contributed by atoms with Crippen molar-refractivity contribution in [3.05, 3.63) is 34.1 Å². The third-order valence-electron chi connectivity index (χ3n) is 2.92. The van der Waals surface area contributed by atoms with Crippen molar-refractivity contribution in [1.29, 1.82) is 0 Å². The Morgan fingerprint density at radius 2 is 2.20 bits per heavy atom. The fourth-order valence-corrected chi connectivity index (χ4v) is 2.09. The summed E-state index contributed by atoms with van der Waals surface area (Å²) < 4.78 is 13.5. The van der Waals surface area contributed by atoms with Crippen molar-refractivity contribution < 1.29 is 14.3 Å². The first-order chi connectivity index (χ1) is 9.52. The molecular formula is C14H20BrFN2O2. The Hall–Kier alpha value is -1.14. The van der Waals surface area contributed by atoms with Crippen molar-refractivity contribution in [3.8, 4) is 0 Å². The van der Waals surface area contributed by atoms with E-state index >= 15 is 0 Å². The molecule has 0 aliphatic carbocycles. The van der Waals surface area contributed by atoms with Gasteiger partial charge in [-0.3, -0.25) is 0 Å². The van der Waals surface area contributed by atoms with E-state index < -0.39 is 0 Å². The molecule has 0 bridgehead atoms. The van der Waals surface area contributed by atoms with Crippen LogP contribution < -0.4 is 10.6 Å². The van der Waals surface area contributed by atoms with E-state index in [2.05, 4.69) is 26.6 Å². The van der Waals surface area contributed by atoms with Gasteiger partial charge in [0.05, 0.1) is 4.47 Å². The van der Waals surface area contributed by atoms with Crippen LogP contribution in [0, 0.1) is 11.7 Å². The third kappa shape index (κ3) is 6.34. The SMILES string of the molecule is CC(CCO)CNC(=O)NCCc1ccc(F)c(Br)c1. The molecule has 20 heavy (non-hydrogen) atoms. The van der Waals surface area contributed by atoms with Gasteiger partial charge in [-0.2, -0.15) is 0 Å². The second kappa shape index (κ2) is 8.92. The summed E-state index contributed by atoms with van der Waals surface area (Å²) in [6, 6.07) is 4.58. The van der Waals surface area contributed by atoms with Crippen LogP contribution in [0.2, 0.25) is 0 Å². The van der Waals surface area contributed by atoms with Crippen LogP contribution >= 0.6 is 15.9 Å². The molecule has 1 aromatic rings. The molecule has 1 atom stereocenters. The Labute approximate surface area is 126 Å². The summed E-state index contributed by atoms with van der Waals surface area (Å²) in [7, 11) is 0. The van der Waals surface area contributed by atoms with Crippen LogP contribution in [0.15, 0.2) is 22.7 Å². The number of aliphatic hydroxyl groups excluding tert-OH is 1. The first kappa shape index (κ1) is 16.9. The van der Waals surface area contributed by atoms with Crippen molar-refractivity contribution in [2.45, 2.75) is 19.8 Å². The van der Waals surface area contributed by atoms with Gasteiger partial charge in [0.2, 0.25) is 0 Å². The number of amides is 2. The van der Waals surface area contributed by atoms with Crippen LogP contribution in [0.25, 0.3) is 0 Å². The molecule has 0 fully saturated rings. The molecule has 0 saturated heterocycles. The zero-order chi connectivity index (χ0) is 15.0. The maximum absolute atomic E-state index is 13.0. The summed E-state index contributed by atoms with van der Waals surface area (Å²) in [5.74, 6) is -0.0453. The van der Waals surface area contributed by atoms with E-state index in [0.717, 1.165) is 5.56 Å². The quantitative estimate of drug-likeness (QED) is 0.710. The third-order valence-corrected chi connectivity index (χ3v) is 3.52. The van der Waals surface area contributed by atoms with Crippen molar-refractivity contribution in [1.82, 2.24) is 10.6 Å². The van der Waals surface area contributed by atoms with E-state index in [9.17, 15) is 9.18 Å². The van der Waals surface area contributed by atoms with Crippen LogP contribution in [0.5, 0.6) is 0 Å². The Bertz CT molecular complexity index is 443. The largest absolute Gasteiger partial charge is 0.396 e. The monoisotopic (exact) mass is 346 g/mol. The van der Waals surface area contributed by atoms with E-state index in [1.165, 1.54) is 6.07 Å². The van der Waals surface area contributed by atoms with Gasteiger partial charge in [0, 0.05) is 19.7 Å². The van der Waals surface area contributed by atoms with Crippen LogP contribution in [-0.4, -0.2) is 30.8 Å². The minimum Gasteiger partial charge on any atom is -0.396 e. The molecular weight excluding hydrogens is 327 g/mol. The lowest BCUT2D eigenvalue weighted by Gasteiger charge is -2.12. The fourth-order valence-electron chi connectivity index (χ4n) is 1.67. The Morgan fingerprint density at radius 1 is 1.45 bits per heavy atom. The van der Waals surface area contributed by atoms with Gasteiger partial charge in [0.15, 0.2) is 0 Å². The van der Waals surface area contributed by atoms with Crippen LogP contribution in [0.3, 0.4) is 0 Å². The number of hydrogen-bond acceptors (Lipinski definition) is 2. The predicted octanol–water partition coefficient (Wildman–Crippen LogP) is 2.45. The molecule has 1 rings (SSSR count). The Morgan fingerprint density at radius 3 is 2.85 bits per heavy atom. The highest BCUT2D eigenvalue weighted by molar-refractivity contribution is 9.10. The molecule has 0 heterocycles. The standard InChI is InChI=1S/C14H20BrFN2O2/c1-10(5-7-19)9-18-14(20)17-6-4-11-2-3-13(16)12(15)8-11/h2-3,8,10,19H,4-7,9H2,1H3,(H2,17,18,20). The van der Waals surface area contributed by atoms with Gasteiger partial charge in [0.25, 0.3) is 0 Å². The molecule has 0 spiro atoms. The lowest BCUT2D eigenvalue weighted by molar-refractivity contribution is 0.234. The summed E-state index contributed by atoms with van der Waals surface area (Å²) in [5, 5.41) is 14.2. The van der Waals surface area contributed by atoms with Gasteiger partial charge in [-0.25, -0.2) is 9.18 Å². The molecule has 0 aliphatic rings. The number of carbonyl (C=O) groups is 1. The molecule has 2 amide bonds. The van der Waals surface area contributed by atoms with E-state index in [0.29, 0.717) is 30.4 Å². The molecule has 0 saturated carbocycles. The van der Waals surface area contributed by atoms with Gasteiger partial charge in [0.1, 0.15) is 5.82 Å². The minimum atomic E-state index is -0.294. The molecule has 4 nitrogen and oxygen atoms in total. The highest BCUT2D eigenvalue weighted by Gasteiger charge is 2.05. The van der Waals surface area contributed by atoms with Gasteiger partial charge in [-0.15, -0.1) is 0 Å². The first-order valence-electron chi connectivity index (χ1n) is 6.59. The molecule has 0 radical (unpaired) electrons. The number of hydrogen-bond donors (Lipinski definition) is 3. The lowest BCUT2D eigenvalue weighted by atomic mass is 10.1. The zero-order valence-electron chi connectivity index (χ0n) is 11.5. The first-order valence-corrected chi connectivity index (χ1v) is 7.38. The molecule has 1 aromatic carbocycles. The highest BCUT2D eigenvalue weighted by atomic mass is 79.9. The van der Waals surface area contributed by atoms with Crippen molar-refractivity contribution in [2.24, 2.45) is 5.92 Å². The van der Waals surface area contributed by atoms with E-state index in [1.54, 1.807) is 12.1 Å². The van der Waals surface area contributed by atoms with Gasteiger partial charge >= 0.3 is 6.03 Å². The van der Waals surface area contributed by atoms with Gasteiger partial charge in [-0.05, 0) is 52.4 Å². The smallest absolute Gasteiger partial charge is 0.314 e. The number of nitrogens with one attached hydrogen (secondary N) is 2. The fraction of sp³-hybridized carbons (Fsp3) is 0.500. The van der Waals surface area contributed by atoms with Crippen LogP contribution in [0.4, 0.5) is 9.18 Å². The second-order valence-electron chi connectivity index (χ2n) is 4.75. The summed E-state index contributed by atoms with van der Waals surface area (Å²) >= 11 is 3.13. The maximum atomic E-state index is 13.0. The van der Waals surface area contributed by atoms with Crippen LogP contribution in [0.1, 0.15) is 18.9 Å². The molecule has 0 aromatic heterocycles. The van der Waals surface area contributed by atoms with Crippen LogP contribution in [-0.2, 0) is 6.42 Å². The molecule has 1 unspecified atom stereocenters. The summed E-state index contributed by atoms with van der Waals surface area (Å²) in [6.45, 7) is 3.11. The highest BCUT2D eigenvalue weighted by Crippen LogP contribution is 2.16. The predicted molar refractivity (Wildman–Crippen MR) is 80.1 cm³/mol. The Balaban J connectivity index is 2.23.